The Morgan fingerprint density at radius 1 is 1.70 bits per heavy atom. The van der Waals surface area contributed by atoms with Gasteiger partial charge in [-0.1, -0.05) is 11.6 Å². The highest BCUT2D eigenvalue weighted by Crippen LogP contribution is 2.11. The van der Waals surface area contributed by atoms with E-state index in [1.54, 1.807) is 6.20 Å². The fourth-order valence-electron chi connectivity index (χ4n) is 0.756. The Bertz CT molecular complexity index is 235. The summed E-state index contributed by atoms with van der Waals surface area (Å²) in [6, 6.07) is 1.84. The van der Waals surface area contributed by atoms with Crippen LogP contribution in [0.2, 0.25) is 5.02 Å². The maximum Gasteiger partial charge on any atom is 0.0592 e. The van der Waals surface area contributed by atoms with Gasteiger partial charge in [-0.2, -0.15) is 0 Å². The average molecular weight is 157 g/mol. The van der Waals surface area contributed by atoms with E-state index in [9.17, 15) is 0 Å². The van der Waals surface area contributed by atoms with Crippen molar-refractivity contribution in [2.45, 2.75) is 13.5 Å². The highest BCUT2D eigenvalue weighted by atomic mass is 35.5. The molecule has 0 radical (unpaired) electrons. The largest absolute Gasteiger partial charge is 0.326 e. The predicted molar refractivity (Wildman–Crippen MR) is 41.9 cm³/mol. The number of hydrogen-bond acceptors (Lipinski definition) is 2. The van der Waals surface area contributed by atoms with Crippen LogP contribution in [0.4, 0.5) is 0 Å². The van der Waals surface area contributed by atoms with Crippen LogP contribution in [0.1, 0.15) is 11.3 Å². The molecule has 1 aromatic heterocycles. The molecule has 1 heterocycles. The summed E-state index contributed by atoms with van der Waals surface area (Å²) in [6.45, 7) is 2.41. The van der Waals surface area contributed by atoms with Crippen LogP contribution in [0, 0.1) is 6.92 Å². The molecule has 0 spiro atoms. The zero-order valence-corrected chi connectivity index (χ0v) is 6.52. The number of pyridine rings is 1. The Hall–Kier alpha value is -0.600. The average Bonchev–Trinajstić information content (AvgIpc) is 1.94. The summed E-state index contributed by atoms with van der Waals surface area (Å²) in [5, 5.41) is 0.644. The molecule has 0 fully saturated rings. The quantitative estimate of drug-likeness (QED) is 0.670. The van der Waals surface area contributed by atoms with Gasteiger partial charge in [0.15, 0.2) is 0 Å². The van der Waals surface area contributed by atoms with E-state index in [2.05, 4.69) is 4.98 Å². The lowest BCUT2D eigenvalue weighted by Crippen LogP contribution is -2.00. The lowest BCUT2D eigenvalue weighted by Gasteiger charge is -2.00. The van der Waals surface area contributed by atoms with Crippen molar-refractivity contribution >= 4 is 11.6 Å². The standard InChI is InChI=1S/C7H9ClN2/c1-5-6(3-9)2-7(8)4-10-5/h2,4H,3,9H2,1H3. The molecule has 10 heavy (non-hydrogen) atoms. The number of halogens is 1. The summed E-state index contributed by atoms with van der Waals surface area (Å²) in [7, 11) is 0. The first-order valence-corrected chi connectivity index (χ1v) is 3.43. The summed E-state index contributed by atoms with van der Waals surface area (Å²) in [5.74, 6) is 0. The van der Waals surface area contributed by atoms with Crippen LogP contribution in [0.5, 0.6) is 0 Å². The van der Waals surface area contributed by atoms with E-state index in [0.29, 0.717) is 11.6 Å². The van der Waals surface area contributed by atoms with Gasteiger partial charge in [0.25, 0.3) is 0 Å². The van der Waals surface area contributed by atoms with Crippen LogP contribution in [0.15, 0.2) is 12.3 Å². The maximum atomic E-state index is 5.68. The van der Waals surface area contributed by atoms with E-state index < -0.39 is 0 Å². The highest BCUT2D eigenvalue weighted by Gasteiger charge is 1.96. The second kappa shape index (κ2) is 2.99. The van der Waals surface area contributed by atoms with Crippen LogP contribution in [-0.2, 0) is 6.54 Å². The number of nitrogens with zero attached hydrogens (tertiary/aromatic N) is 1. The zero-order valence-electron chi connectivity index (χ0n) is 5.76. The third-order valence-electron chi connectivity index (χ3n) is 1.38. The van der Waals surface area contributed by atoms with E-state index in [-0.39, 0.29) is 0 Å². The molecule has 2 nitrogen and oxygen atoms in total. The van der Waals surface area contributed by atoms with Gasteiger partial charge in [0.2, 0.25) is 0 Å². The number of aryl methyl sites for hydroxylation is 1. The molecule has 0 unspecified atom stereocenters. The fourth-order valence-corrected chi connectivity index (χ4v) is 0.937. The monoisotopic (exact) mass is 156 g/mol. The Balaban J connectivity index is 3.09. The predicted octanol–water partition coefficient (Wildman–Crippen LogP) is 1.50. The minimum absolute atomic E-state index is 0.499. The van der Waals surface area contributed by atoms with Crippen LogP contribution in [-0.4, -0.2) is 4.98 Å². The first-order valence-electron chi connectivity index (χ1n) is 3.05. The summed E-state index contributed by atoms with van der Waals surface area (Å²) in [4.78, 5) is 4.04. The fraction of sp³-hybridized carbons (Fsp3) is 0.286. The number of hydrogen-bond donors (Lipinski definition) is 1. The number of rotatable bonds is 1. The van der Waals surface area contributed by atoms with E-state index in [1.165, 1.54) is 0 Å². The van der Waals surface area contributed by atoms with Gasteiger partial charge in [-0.05, 0) is 18.6 Å². The van der Waals surface area contributed by atoms with E-state index in [0.717, 1.165) is 11.3 Å². The van der Waals surface area contributed by atoms with Crippen LogP contribution in [0.3, 0.4) is 0 Å². The SMILES string of the molecule is Cc1ncc(Cl)cc1CN. The first-order chi connectivity index (χ1) is 4.74. The van der Waals surface area contributed by atoms with E-state index in [4.69, 9.17) is 17.3 Å². The van der Waals surface area contributed by atoms with Gasteiger partial charge < -0.3 is 5.73 Å². The minimum Gasteiger partial charge on any atom is -0.326 e. The molecule has 1 aromatic rings. The molecule has 0 amide bonds. The molecule has 0 aliphatic heterocycles. The molecular weight excluding hydrogens is 148 g/mol. The Kier molecular flexibility index (Phi) is 2.25. The molecule has 0 aromatic carbocycles. The van der Waals surface area contributed by atoms with Crippen molar-refractivity contribution in [3.05, 3.63) is 28.5 Å². The molecule has 1 rings (SSSR count). The normalized spacial score (nSPS) is 9.90. The molecule has 2 N–H and O–H groups in total. The molecule has 0 atom stereocenters. The molecule has 3 heteroatoms. The Morgan fingerprint density at radius 2 is 2.40 bits per heavy atom. The second-order valence-electron chi connectivity index (χ2n) is 2.10. The topological polar surface area (TPSA) is 38.9 Å². The zero-order chi connectivity index (χ0) is 7.56. The van der Waals surface area contributed by atoms with Gasteiger partial charge in [-0.3, -0.25) is 4.98 Å². The summed E-state index contributed by atoms with van der Waals surface area (Å²) in [5.41, 5.74) is 7.38. The van der Waals surface area contributed by atoms with Crippen molar-refractivity contribution in [3.63, 3.8) is 0 Å². The summed E-state index contributed by atoms with van der Waals surface area (Å²) in [6.07, 6.45) is 1.62. The van der Waals surface area contributed by atoms with E-state index in [1.807, 2.05) is 13.0 Å². The third-order valence-corrected chi connectivity index (χ3v) is 1.58. The van der Waals surface area contributed by atoms with Crippen molar-refractivity contribution < 1.29 is 0 Å². The summed E-state index contributed by atoms with van der Waals surface area (Å²) < 4.78 is 0. The molecule has 0 saturated heterocycles. The highest BCUT2D eigenvalue weighted by molar-refractivity contribution is 6.30. The van der Waals surface area contributed by atoms with Gasteiger partial charge in [0, 0.05) is 18.4 Å². The van der Waals surface area contributed by atoms with Crippen LogP contribution in [0.25, 0.3) is 0 Å². The molecule has 0 saturated carbocycles. The van der Waals surface area contributed by atoms with E-state index >= 15 is 0 Å². The molecule has 0 aliphatic carbocycles. The van der Waals surface area contributed by atoms with Gasteiger partial charge in [0.1, 0.15) is 0 Å². The third kappa shape index (κ3) is 1.46. The lowest BCUT2D eigenvalue weighted by atomic mass is 10.2. The minimum atomic E-state index is 0.499. The maximum absolute atomic E-state index is 5.68. The lowest BCUT2D eigenvalue weighted by molar-refractivity contribution is 1.01. The van der Waals surface area contributed by atoms with Crippen molar-refractivity contribution in [2.75, 3.05) is 0 Å². The molecule has 54 valence electrons. The van der Waals surface area contributed by atoms with Crippen LogP contribution >= 0.6 is 11.6 Å². The van der Waals surface area contributed by atoms with Gasteiger partial charge in [-0.15, -0.1) is 0 Å². The van der Waals surface area contributed by atoms with Crippen LogP contribution < -0.4 is 5.73 Å². The van der Waals surface area contributed by atoms with Crippen molar-refractivity contribution in [2.24, 2.45) is 5.73 Å². The van der Waals surface area contributed by atoms with Crippen molar-refractivity contribution in [3.8, 4) is 0 Å². The number of aromatic nitrogens is 1. The molecular formula is C7H9ClN2. The van der Waals surface area contributed by atoms with Gasteiger partial charge >= 0.3 is 0 Å². The van der Waals surface area contributed by atoms with Gasteiger partial charge in [-0.25, -0.2) is 0 Å². The first kappa shape index (κ1) is 7.51. The van der Waals surface area contributed by atoms with Crippen molar-refractivity contribution in [1.29, 1.82) is 0 Å². The second-order valence-corrected chi connectivity index (χ2v) is 2.54. The Labute approximate surface area is 65.0 Å². The molecule has 0 aliphatic rings. The molecule has 0 bridgehead atoms. The van der Waals surface area contributed by atoms with Gasteiger partial charge in [0.05, 0.1) is 5.02 Å². The van der Waals surface area contributed by atoms with Crippen molar-refractivity contribution in [1.82, 2.24) is 4.98 Å². The summed E-state index contributed by atoms with van der Waals surface area (Å²) >= 11 is 5.68. The number of nitrogens with two attached hydrogens (primary N) is 1. The Morgan fingerprint density at radius 3 is 2.90 bits per heavy atom. The smallest absolute Gasteiger partial charge is 0.0592 e.